The van der Waals surface area contributed by atoms with Crippen molar-refractivity contribution in [2.75, 3.05) is 157 Å². The maximum Gasteiger partial charge on any atom is 0.305 e. The summed E-state index contributed by atoms with van der Waals surface area (Å²) in [5.74, 6) is -2.44. The van der Waals surface area contributed by atoms with Crippen molar-refractivity contribution in [1.29, 1.82) is 0 Å². The zero-order chi connectivity index (χ0) is 92.0. The van der Waals surface area contributed by atoms with Crippen LogP contribution in [0.1, 0.15) is 350 Å². The molecule has 0 aliphatic carbocycles. The van der Waals surface area contributed by atoms with Crippen LogP contribution in [0.4, 0.5) is 0 Å². The van der Waals surface area contributed by atoms with E-state index < -0.39 is 72.4 Å². The van der Waals surface area contributed by atoms with Crippen molar-refractivity contribution < 1.29 is 87.8 Å². The average molecular weight is 1780 g/mol. The number of hydrogen-bond donors (Lipinski definition) is 6. The molecule has 1 aliphatic heterocycles. The summed E-state index contributed by atoms with van der Waals surface area (Å²) in [6.45, 7) is 15.5. The molecule has 0 spiro atoms. The van der Waals surface area contributed by atoms with Gasteiger partial charge in [-0.1, -0.05) is 192 Å². The first kappa shape index (κ1) is 119. The Morgan fingerprint density at radius 2 is 0.310 bits per heavy atom. The van der Waals surface area contributed by atoms with Gasteiger partial charge in [0.25, 0.3) is 0 Å². The minimum Gasteiger partial charge on any atom is -0.463 e. The third-order valence-corrected chi connectivity index (χ3v) is 22.7. The standard InChI is InChI=1S/C102H186N6O18/c1-7-13-19-25-31-37-43-49-55-61-97(115)121-85-91(109)79-103-67-69-104(80-92(110)86-122-98(116)62-56-50-44-38-32-26-20-14-8-2)71-73-106(82-94(112)88-124-100(118)64-58-52-46-40-34-28-22-16-10-4)75-77-108(84-96(114)90-126-102(120)66-60-54-48-42-36-30-24-18-12-6)78-76-107(83-95(113)89-125-101(119)65-59-53-47-41-35-29-23-17-11-5)74-72-105(70-68-103)81-93(111)87-123-99(117)63-57-51-45-39-33-27-21-15-9-3/h31-42,91-96,109-114H,7-30,43-90H2,1-6H3/b37-31-,38-32-,39-33-,40-34-,41-35-,42-36-. The molecule has 0 aromatic carbocycles. The Kier molecular flexibility index (Phi) is 82.7. The number of carbonyl (C=O) groups is 6. The van der Waals surface area contributed by atoms with Crippen molar-refractivity contribution in [3.8, 4) is 0 Å². The molecule has 0 amide bonds. The van der Waals surface area contributed by atoms with E-state index in [0.29, 0.717) is 117 Å². The maximum atomic E-state index is 13.3. The van der Waals surface area contributed by atoms with E-state index in [1.54, 1.807) is 0 Å². The molecule has 6 unspecified atom stereocenters. The predicted molar refractivity (Wildman–Crippen MR) is 511 cm³/mol. The second kappa shape index (κ2) is 87.7. The number of nitrogens with zero attached hydrogens (tertiary/aromatic N) is 6. The van der Waals surface area contributed by atoms with Gasteiger partial charge in [-0.05, 0) is 193 Å². The first-order chi connectivity index (χ1) is 61.3. The van der Waals surface area contributed by atoms with Crippen LogP contribution in [0.15, 0.2) is 72.9 Å². The maximum absolute atomic E-state index is 13.3. The summed E-state index contributed by atoms with van der Waals surface area (Å²) in [4.78, 5) is 92.0. The highest BCUT2D eigenvalue weighted by Crippen LogP contribution is 2.16. The van der Waals surface area contributed by atoms with Gasteiger partial charge in [0, 0.05) is 156 Å². The third kappa shape index (κ3) is 78.6. The molecule has 6 atom stereocenters. The minimum atomic E-state index is -1.13. The highest BCUT2D eigenvalue weighted by molar-refractivity contribution is 5.71. The molecule has 126 heavy (non-hydrogen) atoms. The quantitative estimate of drug-likeness (QED) is 0.0143. The molecular weight excluding hydrogens is 1600 g/mol. The molecule has 24 nitrogen and oxygen atoms in total. The Bertz CT molecular complexity index is 2270. The summed E-state index contributed by atoms with van der Waals surface area (Å²) in [6.07, 6.45) is 61.9. The number of hydrogen-bond acceptors (Lipinski definition) is 24. The normalized spacial score (nSPS) is 16.3. The molecule has 0 radical (unpaired) electrons. The molecular formula is C102H186N6O18. The van der Waals surface area contributed by atoms with E-state index in [2.05, 4.69) is 114 Å². The molecule has 0 aromatic heterocycles. The fraction of sp³-hybridized carbons (Fsp3) is 0.824. The summed E-state index contributed by atoms with van der Waals surface area (Å²) < 4.78 is 34.5. The van der Waals surface area contributed by atoms with E-state index in [1.165, 1.54) is 38.5 Å². The Labute approximate surface area is 765 Å². The molecule has 0 bridgehead atoms. The lowest BCUT2D eigenvalue weighted by atomic mass is 10.1. The monoisotopic (exact) mass is 1780 g/mol. The fourth-order valence-corrected chi connectivity index (χ4v) is 14.8. The SMILES string of the molecule is CCCCC/C=C\CCCCC(=O)OCC(O)CN1CCN(CC(O)COC(=O)CCCC/C=C\CCCCC)CCN(CC(O)COC(=O)CCCC/C=C\CCCCC)CCN(CC(O)COC(=O)CCCC/C=C\CCCCC)CCN(CC(O)COC(=O)CCCC/C=C\CCCCC)CCN(CC(O)COC(=O)CCCC/C=C\CCCCC)CC1. The lowest BCUT2D eigenvalue weighted by molar-refractivity contribution is -0.148. The van der Waals surface area contributed by atoms with Crippen molar-refractivity contribution in [2.24, 2.45) is 0 Å². The number of carbonyl (C=O) groups excluding carboxylic acids is 6. The van der Waals surface area contributed by atoms with Gasteiger partial charge in [0.15, 0.2) is 0 Å². The minimum absolute atomic E-state index is 0.0554. The van der Waals surface area contributed by atoms with Gasteiger partial charge >= 0.3 is 35.8 Å². The summed E-state index contributed by atoms with van der Waals surface area (Å²) in [5.41, 5.74) is 0. The number of aliphatic hydroxyl groups excluding tert-OH is 6. The number of ether oxygens (including phenoxy) is 6. The van der Waals surface area contributed by atoms with Crippen molar-refractivity contribution >= 4 is 35.8 Å². The van der Waals surface area contributed by atoms with Crippen LogP contribution in [0, 0.1) is 0 Å². The largest absolute Gasteiger partial charge is 0.463 e. The van der Waals surface area contributed by atoms with E-state index in [9.17, 15) is 59.4 Å². The fourth-order valence-electron chi connectivity index (χ4n) is 14.8. The van der Waals surface area contributed by atoms with E-state index in [4.69, 9.17) is 28.4 Å². The van der Waals surface area contributed by atoms with Crippen LogP contribution in [-0.4, -0.2) is 290 Å². The Morgan fingerprint density at radius 1 is 0.198 bits per heavy atom. The van der Waals surface area contributed by atoms with Crippen LogP contribution in [0.3, 0.4) is 0 Å². The van der Waals surface area contributed by atoms with Gasteiger partial charge in [-0.2, -0.15) is 0 Å². The molecule has 24 heteroatoms. The second-order valence-electron chi connectivity index (χ2n) is 35.1. The van der Waals surface area contributed by atoms with E-state index in [0.717, 1.165) is 193 Å². The molecule has 6 N–H and O–H groups in total. The van der Waals surface area contributed by atoms with E-state index >= 15 is 0 Å². The van der Waals surface area contributed by atoms with Gasteiger partial charge < -0.3 is 59.1 Å². The molecule has 0 saturated carbocycles. The number of aliphatic hydroxyl groups is 6. The number of esters is 6. The van der Waals surface area contributed by atoms with Gasteiger partial charge in [0.05, 0.1) is 0 Å². The second-order valence-corrected chi connectivity index (χ2v) is 35.1. The van der Waals surface area contributed by atoms with Gasteiger partial charge in [-0.3, -0.25) is 58.2 Å². The smallest absolute Gasteiger partial charge is 0.305 e. The molecule has 1 heterocycles. The zero-order valence-electron chi connectivity index (χ0n) is 80.6. The van der Waals surface area contributed by atoms with Gasteiger partial charge in [0.1, 0.15) is 76.3 Å². The van der Waals surface area contributed by atoms with Crippen LogP contribution in [-0.2, 0) is 57.2 Å². The summed E-state index contributed by atoms with van der Waals surface area (Å²) in [6, 6.07) is 0. The van der Waals surface area contributed by atoms with E-state index in [1.807, 2.05) is 29.4 Å². The molecule has 1 saturated heterocycles. The van der Waals surface area contributed by atoms with Crippen molar-refractivity contribution in [2.45, 2.75) is 386 Å². The highest BCUT2D eigenvalue weighted by Gasteiger charge is 2.26. The molecule has 1 rings (SSSR count). The number of allylic oxidation sites excluding steroid dienone is 12. The zero-order valence-corrected chi connectivity index (χ0v) is 80.6. The van der Waals surface area contributed by atoms with Crippen LogP contribution in [0.5, 0.6) is 0 Å². The molecule has 1 fully saturated rings. The van der Waals surface area contributed by atoms with Gasteiger partial charge in [0.2, 0.25) is 0 Å². The summed E-state index contributed by atoms with van der Waals surface area (Å²) >= 11 is 0. The van der Waals surface area contributed by atoms with Crippen LogP contribution < -0.4 is 0 Å². The highest BCUT2D eigenvalue weighted by atomic mass is 16.6. The van der Waals surface area contributed by atoms with Crippen molar-refractivity contribution in [3.63, 3.8) is 0 Å². The van der Waals surface area contributed by atoms with Crippen LogP contribution in [0.2, 0.25) is 0 Å². The average Bonchev–Trinajstić information content (AvgIpc) is 0.880. The summed E-state index contributed by atoms with van der Waals surface area (Å²) in [5, 5.41) is 71.6. The first-order valence-electron chi connectivity index (χ1n) is 50.6. The Morgan fingerprint density at radius 3 is 0.421 bits per heavy atom. The van der Waals surface area contributed by atoms with Crippen molar-refractivity contribution in [3.05, 3.63) is 72.9 Å². The Balaban J connectivity index is 4.10. The molecule has 732 valence electrons. The topological polar surface area (TPSA) is 299 Å². The number of β-amino-alcohol motifs (C(OH)–C–C–N with tert-alkyl or cyclic N) is 6. The lowest BCUT2D eigenvalue weighted by Crippen LogP contribution is -2.51. The first-order valence-corrected chi connectivity index (χ1v) is 50.6. The lowest BCUT2D eigenvalue weighted by Gasteiger charge is -2.36. The van der Waals surface area contributed by atoms with E-state index in [-0.39, 0.29) is 117 Å². The van der Waals surface area contributed by atoms with Crippen LogP contribution >= 0.6 is 0 Å². The predicted octanol–water partition coefficient (Wildman–Crippen LogP) is 17.4. The van der Waals surface area contributed by atoms with Crippen LogP contribution in [0.25, 0.3) is 0 Å². The Hall–Kier alpha value is -5.22. The third-order valence-electron chi connectivity index (χ3n) is 22.7. The number of rotatable bonds is 78. The molecule has 1 aliphatic rings. The van der Waals surface area contributed by atoms with Gasteiger partial charge in [-0.15, -0.1) is 0 Å². The van der Waals surface area contributed by atoms with Gasteiger partial charge in [-0.25, -0.2) is 0 Å². The van der Waals surface area contributed by atoms with Crippen molar-refractivity contribution in [1.82, 2.24) is 29.4 Å². The number of unbranched alkanes of at least 4 members (excludes halogenated alkanes) is 30. The summed E-state index contributed by atoms with van der Waals surface area (Å²) in [7, 11) is 0. The molecule has 0 aromatic rings.